The maximum Gasteiger partial charge on any atom is 0.308 e. The molecular formula is C16H18N2O2S. The second kappa shape index (κ2) is 5.95. The highest BCUT2D eigenvalue weighted by atomic mass is 32.1. The molecular weight excluding hydrogens is 284 g/mol. The smallest absolute Gasteiger partial charge is 0.308 e. The number of aromatic nitrogens is 1. The number of rotatable bonds is 4. The van der Waals surface area contributed by atoms with Crippen LogP contribution in [0.5, 0.6) is 0 Å². The number of thiazole rings is 1. The largest absolute Gasteiger partial charge is 0.481 e. The quantitative estimate of drug-likeness (QED) is 0.943. The predicted molar refractivity (Wildman–Crippen MR) is 82.4 cm³/mol. The first-order valence-electron chi connectivity index (χ1n) is 7.04. The molecule has 1 aliphatic rings. The van der Waals surface area contributed by atoms with Crippen LogP contribution in [0.15, 0.2) is 35.7 Å². The molecule has 0 aliphatic carbocycles. The molecule has 1 aromatic carbocycles. The molecule has 1 aromatic heterocycles. The fourth-order valence-electron chi connectivity index (χ4n) is 2.90. The van der Waals surface area contributed by atoms with Crippen LogP contribution >= 0.6 is 11.3 Å². The lowest BCUT2D eigenvalue weighted by Gasteiger charge is -2.15. The molecule has 2 heterocycles. The number of benzene rings is 1. The van der Waals surface area contributed by atoms with Crippen molar-refractivity contribution in [2.75, 3.05) is 13.1 Å². The second-order valence-electron chi connectivity index (χ2n) is 5.56. The van der Waals surface area contributed by atoms with Crippen LogP contribution in [0.3, 0.4) is 0 Å². The number of nitrogens with zero attached hydrogens (tertiary/aromatic N) is 2. The second-order valence-corrected chi connectivity index (χ2v) is 6.45. The van der Waals surface area contributed by atoms with Crippen LogP contribution in [-0.2, 0) is 11.3 Å². The minimum Gasteiger partial charge on any atom is -0.481 e. The molecule has 2 aromatic rings. The summed E-state index contributed by atoms with van der Waals surface area (Å²) in [4.78, 5) is 18.3. The molecule has 21 heavy (non-hydrogen) atoms. The van der Waals surface area contributed by atoms with E-state index < -0.39 is 5.97 Å². The summed E-state index contributed by atoms with van der Waals surface area (Å²) in [5.74, 6) is -1.08. The van der Waals surface area contributed by atoms with Gasteiger partial charge in [-0.05, 0) is 12.5 Å². The molecule has 5 heteroatoms. The highest BCUT2D eigenvalue weighted by Gasteiger charge is 2.39. The Bertz CT molecular complexity index is 626. The zero-order chi connectivity index (χ0) is 14.8. The Morgan fingerprint density at radius 3 is 2.76 bits per heavy atom. The number of hydrogen-bond acceptors (Lipinski definition) is 4. The van der Waals surface area contributed by atoms with E-state index in [1.165, 1.54) is 5.56 Å². The molecule has 0 saturated carbocycles. The molecule has 2 unspecified atom stereocenters. The van der Waals surface area contributed by atoms with Crippen molar-refractivity contribution in [3.05, 3.63) is 52.0 Å². The summed E-state index contributed by atoms with van der Waals surface area (Å²) < 4.78 is 0. The third-order valence-electron chi connectivity index (χ3n) is 3.92. The summed E-state index contributed by atoms with van der Waals surface area (Å²) in [6.07, 6.45) is 0. The molecule has 0 bridgehead atoms. The van der Waals surface area contributed by atoms with Crippen molar-refractivity contribution in [1.29, 1.82) is 0 Å². The highest BCUT2D eigenvalue weighted by Crippen LogP contribution is 2.35. The Kier molecular flexibility index (Phi) is 4.03. The van der Waals surface area contributed by atoms with Crippen molar-refractivity contribution in [2.45, 2.75) is 19.4 Å². The van der Waals surface area contributed by atoms with E-state index >= 15 is 0 Å². The first-order chi connectivity index (χ1) is 10.1. The molecule has 1 saturated heterocycles. The van der Waals surface area contributed by atoms with Crippen molar-refractivity contribution in [2.24, 2.45) is 5.92 Å². The van der Waals surface area contributed by atoms with Crippen LogP contribution in [0.4, 0.5) is 0 Å². The summed E-state index contributed by atoms with van der Waals surface area (Å²) >= 11 is 1.58. The normalized spacial score (nSPS) is 22.5. The topological polar surface area (TPSA) is 53.4 Å². The van der Waals surface area contributed by atoms with Crippen LogP contribution in [-0.4, -0.2) is 34.0 Å². The molecule has 110 valence electrons. The average Bonchev–Trinajstić information content (AvgIpc) is 3.06. The Hall–Kier alpha value is -1.72. The van der Waals surface area contributed by atoms with Crippen molar-refractivity contribution in [1.82, 2.24) is 9.88 Å². The summed E-state index contributed by atoms with van der Waals surface area (Å²) in [5.41, 5.74) is 2.19. The molecule has 3 rings (SSSR count). The lowest BCUT2D eigenvalue weighted by atomic mass is 9.97. The molecule has 4 nitrogen and oxygen atoms in total. The minimum absolute atomic E-state index is 0.00455. The lowest BCUT2D eigenvalue weighted by Crippen LogP contribution is -2.23. The predicted octanol–water partition coefficient (Wildman–Crippen LogP) is 2.75. The van der Waals surface area contributed by atoms with E-state index in [0.29, 0.717) is 6.54 Å². The van der Waals surface area contributed by atoms with Crippen LogP contribution in [0.25, 0.3) is 0 Å². The molecule has 0 spiro atoms. The first kappa shape index (κ1) is 14.2. The van der Waals surface area contributed by atoms with Gasteiger partial charge < -0.3 is 5.11 Å². The first-order valence-corrected chi connectivity index (χ1v) is 7.92. The van der Waals surface area contributed by atoms with Gasteiger partial charge in [0.25, 0.3) is 0 Å². The molecule has 1 N–H and O–H groups in total. The van der Waals surface area contributed by atoms with Crippen molar-refractivity contribution >= 4 is 17.3 Å². The van der Waals surface area contributed by atoms with Crippen molar-refractivity contribution in [3.63, 3.8) is 0 Å². The SMILES string of the molecule is Cc1csc(C2CN(Cc3ccccc3)CC2C(=O)O)n1. The number of carboxylic acids is 1. The average molecular weight is 302 g/mol. The van der Waals surface area contributed by atoms with Gasteiger partial charge in [0.15, 0.2) is 0 Å². The van der Waals surface area contributed by atoms with E-state index in [1.54, 1.807) is 11.3 Å². The highest BCUT2D eigenvalue weighted by molar-refractivity contribution is 7.09. The van der Waals surface area contributed by atoms with Gasteiger partial charge in [-0.15, -0.1) is 11.3 Å². The number of carbonyl (C=O) groups is 1. The van der Waals surface area contributed by atoms with Gasteiger partial charge in [0, 0.05) is 36.6 Å². The summed E-state index contributed by atoms with van der Waals surface area (Å²) in [6, 6.07) is 10.2. The molecule has 1 aliphatic heterocycles. The number of hydrogen-bond donors (Lipinski definition) is 1. The van der Waals surface area contributed by atoms with Crippen LogP contribution in [0.2, 0.25) is 0 Å². The van der Waals surface area contributed by atoms with E-state index in [1.807, 2.05) is 30.5 Å². The van der Waals surface area contributed by atoms with Crippen molar-refractivity contribution in [3.8, 4) is 0 Å². The molecule has 1 fully saturated rings. The van der Waals surface area contributed by atoms with Gasteiger partial charge in [-0.3, -0.25) is 9.69 Å². The van der Waals surface area contributed by atoms with Crippen LogP contribution in [0.1, 0.15) is 22.2 Å². The van der Waals surface area contributed by atoms with Crippen LogP contribution < -0.4 is 0 Å². The standard InChI is InChI=1S/C16H18N2O2S/c1-11-10-21-15(17-11)13-8-18(9-14(13)16(19)20)7-12-5-3-2-4-6-12/h2-6,10,13-14H,7-9H2,1H3,(H,19,20). The van der Waals surface area contributed by atoms with E-state index in [0.717, 1.165) is 23.8 Å². The third-order valence-corrected chi connectivity index (χ3v) is 5.01. The zero-order valence-electron chi connectivity index (χ0n) is 11.9. The van der Waals surface area contributed by atoms with Gasteiger partial charge in [-0.2, -0.15) is 0 Å². The molecule has 0 amide bonds. The Morgan fingerprint density at radius 2 is 2.14 bits per heavy atom. The number of likely N-dealkylation sites (tertiary alicyclic amines) is 1. The van der Waals surface area contributed by atoms with Gasteiger partial charge in [0.1, 0.15) is 0 Å². The van der Waals surface area contributed by atoms with E-state index in [9.17, 15) is 9.90 Å². The van der Waals surface area contributed by atoms with Crippen LogP contribution in [0, 0.1) is 12.8 Å². The lowest BCUT2D eigenvalue weighted by molar-refractivity contribution is -0.141. The van der Waals surface area contributed by atoms with Gasteiger partial charge in [-0.25, -0.2) is 4.98 Å². The van der Waals surface area contributed by atoms with Crippen molar-refractivity contribution < 1.29 is 9.90 Å². The monoisotopic (exact) mass is 302 g/mol. The Labute approximate surface area is 128 Å². The minimum atomic E-state index is -0.719. The summed E-state index contributed by atoms with van der Waals surface area (Å²) in [5, 5.41) is 12.4. The van der Waals surface area contributed by atoms with E-state index in [4.69, 9.17) is 0 Å². The summed E-state index contributed by atoms with van der Waals surface area (Å²) in [7, 11) is 0. The number of aryl methyl sites for hydroxylation is 1. The fraction of sp³-hybridized carbons (Fsp3) is 0.375. The van der Waals surface area contributed by atoms with Gasteiger partial charge >= 0.3 is 5.97 Å². The fourth-order valence-corrected chi connectivity index (χ4v) is 3.85. The maximum atomic E-state index is 11.5. The van der Waals surface area contributed by atoms with Gasteiger partial charge in [-0.1, -0.05) is 30.3 Å². The maximum absolute atomic E-state index is 11.5. The number of aliphatic carboxylic acids is 1. The Balaban J connectivity index is 1.76. The molecule has 0 radical (unpaired) electrons. The third kappa shape index (κ3) is 3.14. The summed E-state index contributed by atoms with van der Waals surface area (Å²) in [6.45, 7) is 4.10. The zero-order valence-corrected chi connectivity index (χ0v) is 12.7. The number of carboxylic acid groups (broad SMARTS) is 1. The van der Waals surface area contributed by atoms with E-state index in [2.05, 4.69) is 22.0 Å². The van der Waals surface area contributed by atoms with Gasteiger partial charge in [0.05, 0.1) is 10.9 Å². The Morgan fingerprint density at radius 1 is 1.38 bits per heavy atom. The molecule has 2 atom stereocenters. The van der Waals surface area contributed by atoms with E-state index in [-0.39, 0.29) is 11.8 Å². The van der Waals surface area contributed by atoms with Gasteiger partial charge in [0.2, 0.25) is 0 Å².